The highest BCUT2D eigenvalue weighted by Crippen LogP contribution is 2.23. The number of hydrogen-bond acceptors (Lipinski definition) is 11. The Morgan fingerprint density at radius 1 is 0.627 bits per heavy atom. The molecule has 2 saturated heterocycles. The predicted octanol–water partition coefficient (Wildman–Crippen LogP) is 7.38. The summed E-state index contributed by atoms with van der Waals surface area (Å²) in [4.78, 5) is 65.9. The number of esters is 2. The number of amides is 4. The lowest BCUT2D eigenvalue weighted by Gasteiger charge is -2.43. The first-order valence-electron chi connectivity index (χ1n) is 25.8. The molecule has 0 bridgehead atoms. The van der Waals surface area contributed by atoms with Gasteiger partial charge in [-0.1, -0.05) is 63.5 Å². The summed E-state index contributed by atoms with van der Waals surface area (Å²) < 4.78 is 9.91. The van der Waals surface area contributed by atoms with Gasteiger partial charge in [0.2, 0.25) is 0 Å². The summed E-state index contributed by atoms with van der Waals surface area (Å²) in [6.07, 6.45) is 21.1. The van der Waals surface area contributed by atoms with Gasteiger partial charge < -0.3 is 45.4 Å². The number of carbonyl (C=O) groups excluding carboxylic acids is 4. The molecular weight excluding hydrogens is 847 g/mol. The van der Waals surface area contributed by atoms with E-state index in [-0.39, 0.29) is 48.2 Å². The summed E-state index contributed by atoms with van der Waals surface area (Å²) in [5.74, 6) is 0.339. The Hall–Kier alpha value is -4.50. The SMILES string of the molecule is COC(=O)[C@H](CCCCCCCc1ccc2c(n1)CCCC2)NC(=O)N1[C@H](C)CN(C)C[C@@H]1C.COC(=O)[C@H](CCCCCCCc1ccc2c(n1)NCCC2)NC(=O)N1[C@H](C)CNC[C@@H]1C. The maximum absolute atomic E-state index is 12.9. The van der Waals surface area contributed by atoms with E-state index in [1.54, 1.807) is 0 Å². The lowest BCUT2D eigenvalue weighted by Crippen LogP contribution is -2.61. The van der Waals surface area contributed by atoms with Gasteiger partial charge in [0.25, 0.3) is 0 Å². The lowest BCUT2D eigenvalue weighted by molar-refractivity contribution is -0.143. The summed E-state index contributed by atoms with van der Waals surface area (Å²) in [5.41, 5.74) is 6.48. The van der Waals surface area contributed by atoms with Crippen LogP contribution in [0.15, 0.2) is 24.3 Å². The van der Waals surface area contributed by atoms with Crippen LogP contribution in [0.4, 0.5) is 15.4 Å². The summed E-state index contributed by atoms with van der Waals surface area (Å²) in [5, 5.41) is 12.6. The van der Waals surface area contributed by atoms with Crippen LogP contribution in [0.5, 0.6) is 0 Å². The minimum atomic E-state index is -0.594. The first-order valence-corrected chi connectivity index (χ1v) is 25.8. The summed E-state index contributed by atoms with van der Waals surface area (Å²) >= 11 is 0. The molecule has 4 aliphatic rings. The zero-order valence-electron chi connectivity index (χ0n) is 42.1. The molecule has 4 N–H and O–H groups in total. The number of aryl methyl sites for hydroxylation is 5. The highest BCUT2D eigenvalue weighted by atomic mass is 16.5. The second-order valence-corrected chi connectivity index (χ2v) is 19.7. The number of ether oxygens (including phenoxy) is 2. The van der Waals surface area contributed by atoms with E-state index in [1.165, 1.54) is 62.4 Å². The number of piperazine rings is 2. The molecule has 0 saturated carbocycles. The van der Waals surface area contributed by atoms with Crippen LogP contribution in [0, 0.1) is 0 Å². The van der Waals surface area contributed by atoms with Crippen molar-refractivity contribution in [1.29, 1.82) is 0 Å². The van der Waals surface area contributed by atoms with Crippen molar-refractivity contribution < 1.29 is 28.7 Å². The molecule has 5 heterocycles. The van der Waals surface area contributed by atoms with E-state index >= 15 is 0 Å². The average Bonchev–Trinajstić information content (AvgIpc) is 3.31. The van der Waals surface area contributed by atoms with E-state index in [2.05, 4.69) is 71.3 Å². The Morgan fingerprint density at radius 3 is 1.67 bits per heavy atom. The number of aromatic nitrogens is 2. The van der Waals surface area contributed by atoms with Gasteiger partial charge in [-0.15, -0.1) is 0 Å². The van der Waals surface area contributed by atoms with Crippen molar-refractivity contribution in [2.24, 2.45) is 0 Å². The van der Waals surface area contributed by atoms with Gasteiger partial charge in [0.1, 0.15) is 17.9 Å². The summed E-state index contributed by atoms with van der Waals surface area (Å²) in [6, 6.07) is 7.73. The zero-order chi connectivity index (χ0) is 48.1. The Kier molecular flexibility index (Phi) is 22.4. The fourth-order valence-corrected chi connectivity index (χ4v) is 10.4. The highest BCUT2D eigenvalue weighted by Gasteiger charge is 2.34. The highest BCUT2D eigenvalue weighted by molar-refractivity contribution is 5.84. The number of rotatable bonds is 20. The summed E-state index contributed by atoms with van der Waals surface area (Å²) in [7, 11) is 4.84. The van der Waals surface area contributed by atoms with Gasteiger partial charge in [0.05, 0.1) is 14.2 Å². The minimum absolute atomic E-state index is 0.0902. The monoisotopic (exact) mass is 932 g/mol. The van der Waals surface area contributed by atoms with E-state index < -0.39 is 12.1 Å². The van der Waals surface area contributed by atoms with Gasteiger partial charge in [-0.3, -0.25) is 4.98 Å². The number of pyridine rings is 2. The summed E-state index contributed by atoms with van der Waals surface area (Å²) in [6.45, 7) is 12.4. The molecule has 0 radical (unpaired) electrons. The van der Waals surface area contributed by atoms with Gasteiger partial charge in [-0.2, -0.15) is 0 Å². The van der Waals surface area contributed by atoms with Crippen molar-refractivity contribution in [2.45, 2.75) is 192 Å². The third-order valence-corrected chi connectivity index (χ3v) is 14.0. The van der Waals surface area contributed by atoms with Crippen LogP contribution >= 0.6 is 0 Å². The molecule has 15 heteroatoms. The number of unbranched alkanes of at least 4 members (excludes halogenated alkanes) is 8. The Morgan fingerprint density at radius 2 is 1.10 bits per heavy atom. The molecule has 67 heavy (non-hydrogen) atoms. The van der Waals surface area contributed by atoms with E-state index in [4.69, 9.17) is 19.4 Å². The maximum atomic E-state index is 12.9. The number of likely N-dealkylation sites (N-methyl/N-ethyl adjacent to an activating group) is 1. The molecule has 15 nitrogen and oxygen atoms in total. The van der Waals surface area contributed by atoms with Crippen LogP contribution in [0.25, 0.3) is 0 Å². The fourth-order valence-electron chi connectivity index (χ4n) is 10.4. The number of hydrogen-bond donors (Lipinski definition) is 4. The van der Waals surface area contributed by atoms with E-state index in [9.17, 15) is 19.2 Å². The van der Waals surface area contributed by atoms with Crippen molar-refractivity contribution in [3.05, 3.63) is 52.5 Å². The lowest BCUT2D eigenvalue weighted by atomic mass is 9.95. The van der Waals surface area contributed by atoms with Gasteiger partial charge in [-0.25, -0.2) is 24.2 Å². The smallest absolute Gasteiger partial charge is 0.328 e. The topological polar surface area (TPSA) is 170 Å². The molecule has 0 spiro atoms. The largest absolute Gasteiger partial charge is 0.467 e. The molecule has 0 unspecified atom stereocenters. The molecule has 374 valence electrons. The molecule has 4 amide bonds. The fraction of sp³-hybridized carbons (Fsp3) is 0.731. The maximum Gasteiger partial charge on any atom is 0.328 e. The number of methoxy groups -OCH3 is 2. The van der Waals surface area contributed by atoms with Crippen LogP contribution in [0.2, 0.25) is 0 Å². The molecule has 1 aliphatic carbocycles. The molecule has 0 aromatic carbocycles. The first-order chi connectivity index (χ1) is 32.4. The Labute approximate surface area is 402 Å². The molecule has 2 fully saturated rings. The molecule has 2 aromatic heterocycles. The van der Waals surface area contributed by atoms with Crippen molar-refractivity contribution in [1.82, 2.24) is 40.6 Å². The predicted molar refractivity (Wildman–Crippen MR) is 265 cm³/mol. The van der Waals surface area contributed by atoms with Gasteiger partial charge >= 0.3 is 24.0 Å². The second kappa shape index (κ2) is 28.1. The van der Waals surface area contributed by atoms with E-state index in [0.29, 0.717) is 12.8 Å². The molecular formula is C52H85N9O6. The van der Waals surface area contributed by atoms with Crippen LogP contribution in [-0.4, -0.2) is 139 Å². The van der Waals surface area contributed by atoms with Crippen LogP contribution in [0.3, 0.4) is 0 Å². The second-order valence-electron chi connectivity index (χ2n) is 19.7. The molecule has 2 aromatic rings. The van der Waals surface area contributed by atoms with Gasteiger partial charge in [0, 0.05) is 74.0 Å². The third kappa shape index (κ3) is 16.9. The number of urea groups is 2. The van der Waals surface area contributed by atoms with Crippen LogP contribution < -0.4 is 21.3 Å². The van der Waals surface area contributed by atoms with Crippen LogP contribution in [-0.2, 0) is 51.2 Å². The molecule has 6 atom stereocenters. The van der Waals surface area contributed by atoms with Crippen molar-refractivity contribution in [3.8, 4) is 0 Å². The molecule has 3 aliphatic heterocycles. The standard InChI is InChI=1S/C27H44N4O3.C25H41N5O3/c1-20-18-30(3)19-21(2)31(20)27(33)29-25(26(32)34-4)15-9-7-5-6-8-13-23-17-16-22-12-10-11-14-24(22)28-23;1-18-16-26-17-19(2)30(18)25(32)29-22(24(31)33-3)12-8-6-4-5-7-11-21-14-13-20-10-9-15-27-23(20)28-21/h16-17,20-21,25H,5-15,18-19H2,1-4H3,(H,29,33);13-14,18-19,22,26H,4-12,15-17H2,1-3H3,(H,27,28)(H,29,32)/t20-,21+,25-;18-,19+,22-/m00/s1. The Bertz CT molecular complexity index is 1840. The van der Waals surface area contributed by atoms with Gasteiger partial charge in [-0.05, 0) is 135 Å². The van der Waals surface area contributed by atoms with E-state index in [0.717, 1.165) is 134 Å². The van der Waals surface area contributed by atoms with Crippen LogP contribution in [0.1, 0.15) is 152 Å². The zero-order valence-corrected chi connectivity index (χ0v) is 42.1. The van der Waals surface area contributed by atoms with Gasteiger partial charge in [0.15, 0.2) is 0 Å². The average molecular weight is 932 g/mol. The number of carbonyl (C=O) groups is 4. The Balaban J connectivity index is 0.000000251. The third-order valence-electron chi connectivity index (χ3n) is 14.0. The van der Waals surface area contributed by atoms with Crippen molar-refractivity contribution in [3.63, 3.8) is 0 Å². The quantitative estimate of drug-likeness (QED) is 0.0773. The minimum Gasteiger partial charge on any atom is -0.467 e. The van der Waals surface area contributed by atoms with E-state index in [1.807, 2.05) is 23.6 Å². The number of anilines is 1. The normalized spacial score (nSPS) is 21.3. The number of fused-ring (bicyclic) bond motifs is 2. The van der Waals surface area contributed by atoms with Crippen molar-refractivity contribution in [2.75, 3.05) is 59.3 Å². The number of nitrogens with zero attached hydrogens (tertiary/aromatic N) is 5. The van der Waals surface area contributed by atoms with Crippen molar-refractivity contribution >= 4 is 29.8 Å². The number of nitrogens with one attached hydrogen (secondary N) is 4. The molecule has 6 rings (SSSR count). The first kappa shape index (κ1) is 53.5.